The molecule has 2 unspecified atom stereocenters. The van der Waals surface area contributed by atoms with Crippen molar-refractivity contribution in [2.75, 3.05) is 36.0 Å². The molecule has 2 atom stereocenters. The van der Waals surface area contributed by atoms with E-state index in [1.165, 1.54) is 0 Å². The monoisotopic (exact) mass is 373 g/mol. The smallest absolute Gasteiger partial charge is 0.142 e. The third-order valence-corrected chi connectivity index (χ3v) is 6.45. The van der Waals surface area contributed by atoms with Gasteiger partial charge in [-0.1, -0.05) is 6.92 Å². The van der Waals surface area contributed by atoms with Crippen molar-refractivity contribution in [2.45, 2.75) is 20.3 Å². The van der Waals surface area contributed by atoms with Gasteiger partial charge in [-0.2, -0.15) is 5.26 Å². The van der Waals surface area contributed by atoms with Crippen LogP contribution >= 0.6 is 0 Å². The van der Waals surface area contributed by atoms with Crippen LogP contribution < -0.4 is 9.80 Å². The third kappa shape index (κ3) is 2.60. The van der Waals surface area contributed by atoms with Crippen LogP contribution in [0.2, 0.25) is 0 Å². The van der Waals surface area contributed by atoms with E-state index in [9.17, 15) is 0 Å². The predicted octanol–water partition coefficient (Wildman–Crippen LogP) is 2.89. The molecule has 0 radical (unpaired) electrons. The molecule has 2 aliphatic heterocycles. The Morgan fingerprint density at radius 2 is 2.11 bits per heavy atom. The van der Waals surface area contributed by atoms with E-state index in [-0.39, 0.29) is 5.41 Å². The minimum absolute atomic E-state index is 0.176. The second kappa shape index (κ2) is 6.20. The van der Waals surface area contributed by atoms with Gasteiger partial charge in [0.15, 0.2) is 0 Å². The average Bonchev–Trinajstić information content (AvgIpc) is 3.30. The van der Waals surface area contributed by atoms with Gasteiger partial charge in [-0.25, -0.2) is 15.0 Å². The highest BCUT2D eigenvalue weighted by atomic mass is 15.3. The van der Waals surface area contributed by atoms with Gasteiger partial charge in [0.05, 0.1) is 10.9 Å². The average molecular weight is 373 g/mol. The maximum absolute atomic E-state index is 9.16. The van der Waals surface area contributed by atoms with Crippen molar-refractivity contribution in [3.63, 3.8) is 0 Å². The molecule has 1 N–H and O–H groups in total. The first-order chi connectivity index (χ1) is 13.6. The van der Waals surface area contributed by atoms with Crippen molar-refractivity contribution in [1.29, 1.82) is 5.26 Å². The zero-order valence-corrected chi connectivity index (χ0v) is 16.2. The molecule has 2 aliphatic rings. The van der Waals surface area contributed by atoms with Gasteiger partial charge in [0.25, 0.3) is 0 Å². The van der Waals surface area contributed by atoms with E-state index >= 15 is 0 Å². The lowest BCUT2D eigenvalue weighted by atomic mass is 9.75. The number of aromatic amines is 1. The fourth-order valence-electron chi connectivity index (χ4n) is 4.86. The topological polar surface area (TPSA) is 84.7 Å². The zero-order valence-electron chi connectivity index (χ0n) is 16.2. The zero-order chi connectivity index (χ0) is 19.3. The lowest BCUT2D eigenvalue weighted by Gasteiger charge is -2.42. The summed E-state index contributed by atoms with van der Waals surface area (Å²) in [5.74, 6) is 2.63. The van der Waals surface area contributed by atoms with Gasteiger partial charge >= 0.3 is 0 Å². The maximum Gasteiger partial charge on any atom is 0.142 e. The summed E-state index contributed by atoms with van der Waals surface area (Å²) in [6, 6.07) is 6.31. The fraction of sp³-hybridized carbons (Fsp3) is 0.429. The molecular formula is C21H23N7. The summed E-state index contributed by atoms with van der Waals surface area (Å²) in [4.78, 5) is 21.4. The predicted molar refractivity (Wildman–Crippen MR) is 108 cm³/mol. The molecule has 0 bridgehead atoms. The van der Waals surface area contributed by atoms with Crippen molar-refractivity contribution in [3.05, 3.63) is 42.0 Å². The number of anilines is 2. The Bertz CT molecular complexity index is 1080. The Balaban J connectivity index is 1.41. The van der Waals surface area contributed by atoms with Crippen LogP contribution in [0.4, 0.5) is 11.6 Å². The largest absolute Gasteiger partial charge is 0.356 e. The molecule has 3 aromatic heterocycles. The van der Waals surface area contributed by atoms with Crippen molar-refractivity contribution >= 4 is 22.7 Å². The van der Waals surface area contributed by atoms with E-state index in [0.29, 0.717) is 11.5 Å². The first-order valence-corrected chi connectivity index (χ1v) is 9.72. The van der Waals surface area contributed by atoms with Crippen molar-refractivity contribution in [1.82, 2.24) is 19.9 Å². The second-order valence-electron chi connectivity index (χ2n) is 8.35. The van der Waals surface area contributed by atoms with Gasteiger partial charge in [0, 0.05) is 44.0 Å². The normalized spacial score (nSPS) is 24.4. The number of aromatic nitrogens is 4. The van der Waals surface area contributed by atoms with Gasteiger partial charge in [0.2, 0.25) is 0 Å². The highest BCUT2D eigenvalue weighted by Crippen LogP contribution is 2.44. The number of hydrogen-bond donors (Lipinski definition) is 1. The fourth-order valence-corrected chi connectivity index (χ4v) is 4.86. The van der Waals surface area contributed by atoms with Crippen LogP contribution in [0.5, 0.6) is 0 Å². The van der Waals surface area contributed by atoms with Gasteiger partial charge in [0.1, 0.15) is 29.7 Å². The lowest BCUT2D eigenvalue weighted by molar-refractivity contribution is 0.216. The summed E-state index contributed by atoms with van der Waals surface area (Å²) >= 11 is 0. The molecule has 5 heterocycles. The van der Waals surface area contributed by atoms with Gasteiger partial charge in [-0.3, -0.25) is 0 Å². The number of aryl methyl sites for hydroxylation is 1. The van der Waals surface area contributed by atoms with E-state index in [0.717, 1.165) is 60.8 Å². The Hall–Kier alpha value is -3.14. The SMILES string of the molecule is Cc1cc(N2CC3CCN(c4ncnc5[nH]ccc45)CC3(C)C2)ncc1C#N. The molecule has 0 aliphatic carbocycles. The summed E-state index contributed by atoms with van der Waals surface area (Å²) in [7, 11) is 0. The maximum atomic E-state index is 9.16. The van der Waals surface area contributed by atoms with Crippen LogP contribution in [0.3, 0.4) is 0 Å². The van der Waals surface area contributed by atoms with Crippen LogP contribution in [-0.2, 0) is 0 Å². The number of hydrogen-bond acceptors (Lipinski definition) is 6. The number of rotatable bonds is 2. The number of nitrogens with zero attached hydrogens (tertiary/aromatic N) is 6. The molecule has 0 spiro atoms. The molecule has 2 saturated heterocycles. The Morgan fingerprint density at radius 3 is 2.93 bits per heavy atom. The molecule has 28 heavy (non-hydrogen) atoms. The van der Waals surface area contributed by atoms with Crippen LogP contribution in [0.15, 0.2) is 30.9 Å². The minimum atomic E-state index is 0.176. The molecule has 0 amide bonds. The van der Waals surface area contributed by atoms with E-state index in [1.54, 1.807) is 12.5 Å². The first kappa shape index (κ1) is 17.0. The van der Waals surface area contributed by atoms with Crippen molar-refractivity contribution < 1.29 is 0 Å². The molecule has 2 fully saturated rings. The number of H-pyrrole nitrogens is 1. The van der Waals surface area contributed by atoms with E-state index < -0.39 is 0 Å². The second-order valence-corrected chi connectivity index (χ2v) is 8.35. The molecular weight excluding hydrogens is 350 g/mol. The molecule has 7 nitrogen and oxygen atoms in total. The first-order valence-electron chi connectivity index (χ1n) is 9.72. The van der Waals surface area contributed by atoms with Crippen molar-refractivity contribution in [3.8, 4) is 6.07 Å². The minimum Gasteiger partial charge on any atom is -0.356 e. The standard InChI is InChI=1S/C21H23N7/c1-14-7-18(24-9-15(14)8-22)28-10-16-4-6-27(11-21(16,2)12-28)20-17-3-5-23-19(17)25-13-26-20/h3,5,7,9,13,16H,4,6,10-12H2,1-2H3,(H,23,25,26). The van der Waals surface area contributed by atoms with Gasteiger partial charge in [-0.05, 0) is 37.0 Å². The van der Waals surface area contributed by atoms with Gasteiger partial charge in [-0.15, -0.1) is 0 Å². The Kier molecular flexibility index (Phi) is 3.76. The summed E-state index contributed by atoms with van der Waals surface area (Å²) in [6.45, 7) is 8.33. The number of nitrogens with one attached hydrogen (secondary N) is 1. The molecule has 3 aromatic rings. The molecule has 0 saturated carbocycles. The van der Waals surface area contributed by atoms with Gasteiger partial charge < -0.3 is 14.8 Å². The summed E-state index contributed by atoms with van der Waals surface area (Å²) in [5.41, 5.74) is 2.71. The van der Waals surface area contributed by atoms with E-state index in [4.69, 9.17) is 5.26 Å². The van der Waals surface area contributed by atoms with Crippen LogP contribution in [-0.4, -0.2) is 46.1 Å². The highest BCUT2D eigenvalue weighted by molar-refractivity contribution is 5.87. The summed E-state index contributed by atoms with van der Waals surface area (Å²) < 4.78 is 0. The highest BCUT2D eigenvalue weighted by Gasteiger charge is 2.47. The lowest BCUT2D eigenvalue weighted by Crippen LogP contribution is -2.47. The molecule has 142 valence electrons. The molecule has 0 aromatic carbocycles. The number of piperidine rings is 1. The third-order valence-electron chi connectivity index (χ3n) is 6.45. The Labute approximate surface area is 164 Å². The number of fused-ring (bicyclic) bond motifs is 2. The van der Waals surface area contributed by atoms with Crippen LogP contribution in [0, 0.1) is 29.6 Å². The van der Waals surface area contributed by atoms with Crippen LogP contribution in [0.25, 0.3) is 11.0 Å². The molecule has 7 heteroatoms. The number of pyridine rings is 1. The quantitative estimate of drug-likeness (QED) is 0.743. The number of nitriles is 1. The summed E-state index contributed by atoms with van der Waals surface area (Å²) in [6.07, 6.45) is 6.41. The van der Waals surface area contributed by atoms with E-state index in [1.807, 2.05) is 19.2 Å². The summed E-state index contributed by atoms with van der Waals surface area (Å²) in [5, 5.41) is 10.2. The van der Waals surface area contributed by atoms with Crippen molar-refractivity contribution in [2.24, 2.45) is 11.3 Å². The molecule has 5 rings (SSSR count). The van der Waals surface area contributed by atoms with E-state index in [2.05, 4.69) is 48.8 Å². The Morgan fingerprint density at radius 1 is 1.25 bits per heavy atom. The van der Waals surface area contributed by atoms with Crippen LogP contribution in [0.1, 0.15) is 24.5 Å².